The third kappa shape index (κ3) is 2.98. The second-order valence-electron chi connectivity index (χ2n) is 8.54. The Labute approximate surface area is 174 Å². The van der Waals surface area contributed by atoms with Crippen LogP contribution in [0.1, 0.15) is 42.2 Å². The highest BCUT2D eigenvalue weighted by Crippen LogP contribution is 2.42. The van der Waals surface area contributed by atoms with Gasteiger partial charge in [0.1, 0.15) is 11.5 Å². The molecule has 2 fully saturated rings. The summed E-state index contributed by atoms with van der Waals surface area (Å²) in [5, 5.41) is 0.811. The highest BCUT2D eigenvalue weighted by molar-refractivity contribution is 5.98. The molecule has 2 aliphatic heterocycles. The van der Waals surface area contributed by atoms with Crippen molar-refractivity contribution < 1.29 is 14.0 Å². The Morgan fingerprint density at radius 1 is 1.20 bits per heavy atom. The Kier molecular flexibility index (Phi) is 4.38. The lowest BCUT2D eigenvalue weighted by Crippen LogP contribution is -2.60. The molecule has 0 unspecified atom stereocenters. The van der Waals surface area contributed by atoms with Crippen molar-refractivity contribution in [1.82, 2.24) is 14.8 Å². The maximum absolute atomic E-state index is 13.5. The molecule has 1 N–H and O–H groups in total. The summed E-state index contributed by atoms with van der Waals surface area (Å²) >= 11 is 0. The van der Waals surface area contributed by atoms with E-state index >= 15 is 0 Å². The van der Waals surface area contributed by atoms with Crippen LogP contribution in [0.5, 0.6) is 0 Å². The molecule has 2 atom stereocenters. The number of hydrogen-bond acceptors (Lipinski definition) is 2. The minimum Gasteiger partial charge on any atom is -0.350 e. The number of piperidine rings is 1. The first-order valence-electron chi connectivity index (χ1n) is 10.4. The number of carbonyl (C=O) groups is 2. The second kappa shape index (κ2) is 6.97. The largest absolute Gasteiger partial charge is 0.350 e. The van der Waals surface area contributed by atoms with Crippen molar-refractivity contribution in [2.45, 2.75) is 44.3 Å². The highest BCUT2D eigenvalue weighted by atomic mass is 19.1. The Balaban J connectivity index is 1.43. The van der Waals surface area contributed by atoms with Gasteiger partial charge in [-0.2, -0.15) is 0 Å². The zero-order valence-electron chi connectivity index (χ0n) is 16.9. The van der Waals surface area contributed by atoms with E-state index in [0.29, 0.717) is 37.1 Å². The van der Waals surface area contributed by atoms with Gasteiger partial charge in [-0.15, -0.1) is 0 Å². The van der Waals surface area contributed by atoms with Gasteiger partial charge in [-0.25, -0.2) is 4.39 Å². The molecule has 0 spiro atoms. The Morgan fingerprint density at radius 3 is 2.80 bits per heavy atom. The normalized spacial score (nSPS) is 23.8. The molecule has 6 heteroatoms. The van der Waals surface area contributed by atoms with Crippen molar-refractivity contribution in [3.8, 4) is 0 Å². The van der Waals surface area contributed by atoms with Crippen LogP contribution in [0.15, 0.2) is 54.6 Å². The van der Waals surface area contributed by atoms with Crippen LogP contribution in [-0.2, 0) is 11.3 Å². The van der Waals surface area contributed by atoms with E-state index in [4.69, 9.17) is 0 Å². The Hall–Kier alpha value is -3.15. The minimum atomic E-state index is -0.390. The number of hydrogen-bond donors (Lipinski definition) is 1. The summed E-state index contributed by atoms with van der Waals surface area (Å²) in [6.07, 6.45) is 1.85. The zero-order valence-corrected chi connectivity index (χ0v) is 16.9. The van der Waals surface area contributed by atoms with Crippen LogP contribution >= 0.6 is 0 Å². The van der Waals surface area contributed by atoms with Gasteiger partial charge in [0, 0.05) is 30.4 Å². The maximum Gasteiger partial charge on any atom is 0.270 e. The van der Waals surface area contributed by atoms with Crippen LogP contribution in [0.2, 0.25) is 0 Å². The number of amides is 2. The Morgan fingerprint density at radius 2 is 2.00 bits per heavy atom. The third-order valence-corrected chi connectivity index (χ3v) is 6.76. The van der Waals surface area contributed by atoms with E-state index in [2.05, 4.69) is 11.9 Å². The first kappa shape index (κ1) is 18.9. The lowest BCUT2D eigenvalue weighted by atomic mass is 9.83. The smallest absolute Gasteiger partial charge is 0.270 e. The molecule has 2 saturated heterocycles. The number of nitrogens with one attached hydrogen (secondary N) is 1. The molecule has 5 nitrogen and oxygen atoms in total. The van der Waals surface area contributed by atoms with Crippen LogP contribution in [0, 0.1) is 5.82 Å². The number of carbonyl (C=O) groups excluding carboxylic acids is 2. The summed E-state index contributed by atoms with van der Waals surface area (Å²) in [5.74, 6) is -0.276. The topological polar surface area (TPSA) is 56.4 Å². The molecular formula is C24H24FN3O2. The zero-order chi connectivity index (χ0) is 20.9. The standard InChI is InChI=1S/C24H24FN3O2/c1-24-11-12-27(23(30)20-13-17-7-8-18(25)14-19(17)26-20)21(24)9-10-22(29)28(24)15-16-5-3-2-4-6-16/h2-8,13-14,21,26H,9-12,15H2,1H3/t21-,24-/m0/s1. The summed E-state index contributed by atoms with van der Waals surface area (Å²) in [7, 11) is 0. The molecule has 0 saturated carbocycles. The van der Waals surface area contributed by atoms with Gasteiger partial charge in [0.15, 0.2) is 0 Å². The first-order chi connectivity index (χ1) is 14.5. The maximum atomic E-state index is 13.5. The molecule has 154 valence electrons. The fraction of sp³-hybridized carbons (Fsp3) is 0.333. The fourth-order valence-electron chi connectivity index (χ4n) is 5.11. The second-order valence-corrected chi connectivity index (χ2v) is 8.54. The van der Waals surface area contributed by atoms with Crippen molar-refractivity contribution in [2.75, 3.05) is 6.54 Å². The van der Waals surface area contributed by atoms with Gasteiger partial charge in [0.2, 0.25) is 5.91 Å². The molecule has 2 aliphatic rings. The van der Waals surface area contributed by atoms with E-state index in [1.807, 2.05) is 40.1 Å². The lowest BCUT2D eigenvalue weighted by molar-refractivity contribution is -0.144. The molecule has 3 aromatic rings. The third-order valence-electron chi connectivity index (χ3n) is 6.76. The average molecular weight is 405 g/mol. The van der Waals surface area contributed by atoms with Crippen LogP contribution < -0.4 is 0 Å². The van der Waals surface area contributed by atoms with Crippen molar-refractivity contribution in [3.63, 3.8) is 0 Å². The van der Waals surface area contributed by atoms with Crippen LogP contribution in [0.25, 0.3) is 10.9 Å². The van der Waals surface area contributed by atoms with E-state index in [-0.39, 0.29) is 29.2 Å². The van der Waals surface area contributed by atoms with E-state index in [0.717, 1.165) is 17.4 Å². The van der Waals surface area contributed by atoms with Crippen molar-refractivity contribution in [1.29, 1.82) is 0 Å². The monoisotopic (exact) mass is 405 g/mol. The molecule has 2 amide bonds. The summed E-state index contributed by atoms with van der Waals surface area (Å²) in [4.78, 5) is 33.1. The molecule has 0 aliphatic carbocycles. The SMILES string of the molecule is C[C@]12CCN(C(=O)c3cc4ccc(F)cc4[nH]3)[C@H]1CCC(=O)N2Cc1ccccc1. The number of aromatic nitrogens is 1. The van der Waals surface area contributed by atoms with E-state index in [9.17, 15) is 14.0 Å². The van der Waals surface area contributed by atoms with Crippen molar-refractivity contribution >= 4 is 22.7 Å². The highest BCUT2D eigenvalue weighted by Gasteiger charge is 2.53. The number of fused-ring (bicyclic) bond motifs is 2. The van der Waals surface area contributed by atoms with E-state index in [1.54, 1.807) is 12.1 Å². The number of rotatable bonds is 3. The van der Waals surface area contributed by atoms with Gasteiger partial charge in [-0.3, -0.25) is 9.59 Å². The predicted octanol–water partition coefficient (Wildman–Crippen LogP) is 4.10. The quantitative estimate of drug-likeness (QED) is 0.713. The van der Waals surface area contributed by atoms with Crippen LogP contribution in [0.3, 0.4) is 0 Å². The van der Waals surface area contributed by atoms with Crippen molar-refractivity contribution in [2.24, 2.45) is 0 Å². The Bertz CT molecular complexity index is 1130. The molecule has 0 bridgehead atoms. The molecule has 30 heavy (non-hydrogen) atoms. The van der Waals surface area contributed by atoms with Gasteiger partial charge in [-0.1, -0.05) is 30.3 Å². The van der Waals surface area contributed by atoms with Crippen LogP contribution in [0.4, 0.5) is 4.39 Å². The molecule has 1 aromatic heterocycles. The summed E-state index contributed by atoms with van der Waals surface area (Å²) in [6, 6.07) is 16.2. The molecule has 3 heterocycles. The van der Waals surface area contributed by atoms with Gasteiger partial charge in [-0.05, 0) is 49.6 Å². The molecule has 5 rings (SSSR count). The van der Waals surface area contributed by atoms with Gasteiger partial charge in [0.05, 0.1) is 11.6 Å². The number of nitrogens with zero attached hydrogens (tertiary/aromatic N) is 2. The first-order valence-corrected chi connectivity index (χ1v) is 10.4. The number of likely N-dealkylation sites (tertiary alicyclic amines) is 2. The predicted molar refractivity (Wildman–Crippen MR) is 112 cm³/mol. The van der Waals surface area contributed by atoms with Gasteiger partial charge in [0.25, 0.3) is 5.91 Å². The summed E-state index contributed by atoms with van der Waals surface area (Å²) < 4.78 is 13.5. The lowest BCUT2D eigenvalue weighted by Gasteiger charge is -2.47. The molecular weight excluding hydrogens is 381 g/mol. The number of H-pyrrole nitrogens is 1. The fourth-order valence-corrected chi connectivity index (χ4v) is 5.11. The van der Waals surface area contributed by atoms with E-state index in [1.165, 1.54) is 12.1 Å². The minimum absolute atomic E-state index is 0.0328. The summed E-state index contributed by atoms with van der Waals surface area (Å²) in [6.45, 7) is 3.26. The molecule has 0 radical (unpaired) electrons. The van der Waals surface area contributed by atoms with Gasteiger partial charge >= 0.3 is 0 Å². The summed E-state index contributed by atoms with van der Waals surface area (Å²) in [5.41, 5.74) is 1.78. The van der Waals surface area contributed by atoms with E-state index < -0.39 is 0 Å². The van der Waals surface area contributed by atoms with Crippen LogP contribution in [-0.4, -0.2) is 44.7 Å². The average Bonchev–Trinajstić information content (AvgIpc) is 3.31. The number of aromatic amines is 1. The number of halogens is 1. The van der Waals surface area contributed by atoms with Gasteiger partial charge < -0.3 is 14.8 Å². The molecule has 2 aromatic carbocycles. The number of benzene rings is 2. The van der Waals surface area contributed by atoms with Crippen molar-refractivity contribution in [3.05, 3.63) is 71.7 Å².